The first kappa shape index (κ1) is 14.2. The first-order valence-electron chi connectivity index (χ1n) is 6.77. The number of H-pyrrole nitrogens is 1. The van der Waals surface area contributed by atoms with Crippen LogP contribution in [0.2, 0.25) is 5.02 Å². The van der Waals surface area contributed by atoms with E-state index in [0.29, 0.717) is 26.7 Å². The second-order valence-corrected chi connectivity index (χ2v) is 6.45. The van der Waals surface area contributed by atoms with Gasteiger partial charge >= 0.3 is 0 Å². The van der Waals surface area contributed by atoms with Crippen LogP contribution in [-0.2, 0) is 0 Å². The fourth-order valence-electron chi connectivity index (χ4n) is 2.78. The lowest BCUT2D eigenvalue weighted by atomic mass is 9.97. The highest BCUT2D eigenvalue weighted by Crippen LogP contribution is 2.40. The van der Waals surface area contributed by atoms with Gasteiger partial charge in [0.15, 0.2) is 0 Å². The van der Waals surface area contributed by atoms with E-state index in [-0.39, 0.29) is 16.3 Å². The summed E-state index contributed by atoms with van der Waals surface area (Å²) in [5.41, 5.74) is 1.37. The van der Waals surface area contributed by atoms with Crippen LogP contribution in [-0.4, -0.2) is 10.1 Å². The SMILES string of the molecule is O=c1[nH]c2ccc(O)c(-c3ccc(Cl)c(F)c3)c2c2ccsc12. The summed E-state index contributed by atoms with van der Waals surface area (Å²) in [5.74, 6) is -0.551. The van der Waals surface area contributed by atoms with Crippen LogP contribution in [0.1, 0.15) is 0 Å². The predicted molar refractivity (Wildman–Crippen MR) is 92.0 cm³/mol. The average molecular weight is 346 g/mol. The molecule has 2 aromatic heterocycles. The molecule has 3 nitrogen and oxygen atoms in total. The summed E-state index contributed by atoms with van der Waals surface area (Å²) in [6.07, 6.45) is 0. The minimum absolute atomic E-state index is 0.0128. The Hall–Kier alpha value is -2.37. The first-order chi connectivity index (χ1) is 11.1. The molecule has 4 rings (SSSR count). The highest BCUT2D eigenvalue weighted by Gasteiger charge is 2.16. The molecule has 23 heavy (non-hydrogen) atoms. The van der Waals surface area contributed by atoms with Crippen molar-refractivity contribution in [3.05, 3.63) is 63.0 Å². The number of nitrogens with one attached hydrogen (secondary N) is 1. The number of hydrogen-bond acceptors (Lipinski definition) is 3. The van der Waals surface area contributed by atoms with Crippen molar-refractivity contribution in [2.75, 3.05) is 0 Å². The van der Waals surface area contributed by atoms with Crippen molar-refractivity contribution in [3.8, 4) is 16.9 Å². The standard InChI is InChI=1S/C17H9ClFNO2S/c18-10-2-1-8(7-11(10)19)14-13(21)4-3-12-15(14)9-5-6-23-16(9)17(22)20-12/h1-7,21H,(H,20,22). The number of pyridine rings is 1. The molecular formula is C17H9ClFNO2S. The molecule has 2 heterocycles. The molecule has 2 N–H and O–H groups in total. The minimum atomic E-state index is -0.563. The van der Waals surface area contributed by atoms with E-state index < -0.39 is 5.82 Å². The molecule has 0 unspecified atom stereocenters. The zero-order valence-corrected chi connectivity index (χ0v) is 13.1. The molecule has 6 heteroatoms. The Labute approximate surface area is 138 Å². The van der Waals surface area contributed by atoms with Gasteiger partial charge in [0.25, 0.3) is 5.56 Å². The lowest BCUT2D eigenvalue weighted by Gasteiger charge is -2.11. The van der Waals surface area contributed by atoms with Crippen LogP contribution in [0.4, 0.5) is 4.39 Å². The number of aromatic amines is 1. The van der Waals surface area contributed by atoms with Crippen LogP contribution in [0.25, 0.3) is 32.1 Å². The minimum Gasteiger partial charge on any atom is -0.507 e. The van der Waals surface area contributed by atoms with Gasteiger partial charge in [0.1, 0.15) is 16.3 Å². The van der Waals surface area contributed by atoms with Gasteiger partial charge in [0.2, 0.25) is 0 Å². The number of aromatic hydroxyl groups is 1. The molecule has 0 spiro atoms. The fraction of sp³-hybridized carbons (Fsp3) is 0. The van der Waals surface area contributed by atoms with Gasteiger partial charge in [-0.2, -0.15) is 0 Å². The Balaban J connectivity index is 2.21. The second-order valence-electron chi connectivity index (χ2n) is 5.13. The number of phenolic OH excluding ortho intramolecular Hbond substituents is 1. The normalized spacial score (nSPS) is 11.4. The van der Waals surface area contributed by atoms with E-state index in [1.54, 1.807) is 12.1 Å². The van der Waals surface area contributed by atoms with E-state index >= 15 is 0 Å². The maximum atomic E-state index is 13.8. The molecule has 0 saturated carbocycles. The first-order valence-corrected chi connectivity index (χ1v) is 8.02. The quantitative estimate of drug-likeness (QED) is 0.515. The summed E-state index contributed by atoms with van der Waals surface area (Å²) < 4.78 is 14.4. The van der Waals surface area contributed by atoms with Gasteiger partial charge in [0.05, 0.1) is 5.02 Å². The van der Waals surface area contributed by atoms with Crippen molar-refractivity contribution in [2.24, 2.45) is 0 Å². The van der Waals surface area contributed by atoms with E-state index in [0.717, 1.165) is 5.39 Å². The van der Waals surface area contributed by atoms with Gasteiger partial charge < -0.3 is 10.1 Å². The smallest absolute Gasteiger partial charge is 0.266 e. The molecular weight excluding hydrogens is 337 g/mol. The third-order valence-corrected chi connectivity index (χ3v) is 5.00. The summed E-state index contributed by atoms with van der Waals surface area (Å²) >= 11 is 7.06. The van der Waals surface area contributed by atoms with Crippen molar-refractivity contribution in [1.82, 2.24) is 4.98 Å². The van der Waals surface area contributed by atoms with Crippen LogP contribution in [0, 0.1) is 5.82 Å². The predicted octanol–water partition coefficient (Wildman–Crippen LogP) is 4.91. The van der Waals surface area contributed by atoms with Gasteiger partial charge in [-0.05, 0) is 41.3 Å². The highest BCUT2D eigenvalue weighted by atomic mass is 35.5. The van der Waals surface area contributed by atoms with Crippen LogP contribution < -0.4 is 5.56 Å². The van der Waals surface area contributed by atoms with Crippen molar-refractivity contribution in [3.63, 3.8) is 0 Å². The van der Waals surface area contributed by atoms with Crippen molar-refractivity contribution >= 4 is 43.9 Å². The number of halogens is 2. The number of fused-ring (bicyclic) bond motifs is 3. The molecule has 0 saturated heterocycles. The molecule has 4 aromatic rings. The van der Waals surface area contributed by atoms with Gasteiger partial charge in [-0.15, -0.1) is 11.3 Å². The van der Waals surface area contributed by atoms with Gasteiger partial charge in [-0.1, -0.05) is 17.7 Å². The number of rotatable bonds is 1. The van der Waals surface area contributed by atoms with E-state index in [1.807, 2.05) is 11.4 Å². The van der Waals surface area contributed by atoms with E-state index in [4.69, 9.17) is 11.6 Å². The van der Waals surface area contributed by atoms with Crippen LogP contribution in [0.15, 0.2) is 46.6 Å². The van der Waals surface area contributed by atoms with Gasteiger partial charge in [-0.3, -0.25) is 4.79 Å². The second kappa shape index (κ2) is 5.08. The molecule has 114 valence electrons. The number of phenols is 1. The molecule has 2 aromatic carbocycles. The Morgan fingerprint density at radius 1 is 1.17 bits per heavy atom. The third-order valence-electron chi connectivity index (χ3n) is 3.78. The van der Waals surface area contributed by atoms with Crippen molar-refractivity contribution in [2.45, 2.75) is 0 Å². The summed E-state index contributed by atoms with van der Waals surface area (Å²) in [6, 6.07) is 9.31. The van der Waals surface area contributed by atoms with Gasteiger partial charge in [-0.25, -0.2) is 4.39 Å². The Kier molecular flexibility index (Phi) is 3.14. The number of thiophene rings is 1. The summed E-state index contributed by atoms with van der Waals surface area (Å²) in [6.45, 7) is 0. The average Bonchev–Trinajstić information content (AvgIpc) is 3.01. The molecule has 0 bridgehead atoms. The fourth-order valence-corrected chi connectivity index (χ4v) is 3.69. The van der Waals surface area contributed by atoms with E-state index in [2.05, 4.69) is 4.98 Å². The maximum Gasteiger partial charge on any atom is 0.266 e. The summed E-state index contributed by atoms with van der Waals surface area (Å²) in [7, 11) is 0. The van der Waals surface area contributed by atoms with Gasteiger partial charge in [0, 0.05) is 21.9 Å². The largest absolute Gasteiger partial charge is 0.507 e. The summed E-state index contributed by atoms with van der Waals surface area (Å²) in [4.78, 5) is 14.9. The highest BCUT2D eigenvalue weighted by molar-refractivity contribution is 7.17. The molecule has 0 aliphatic carbocycles. The molecule has 0 atom stereocenters. The summed E-state index contributed by atoms with van der Waals surface area (Å²) in [5, 5.41) is 13.6. The molecule has 0 radical (unpaired) electrons. The zero-order valence-electron chi connectivity index (χ0n) is 11.6. The molecule has 0 aliphatic rings. The van der Waals surface area contributed by atoms with Crippen molar-refractivity contribution in [1.29, 1.82) is 0 Å². The van der Waals surface area contributed by atoms with Crippen LogP contribution in [0.3, 0.4) is 0 Å². The molecule has 0 amide bonds. The topological polar surface area (TPSA) is 53.1 Å². The Morgan fingerprint density at radius 3 is 2.78 bits per heavy atom. The lowest BCUT2D eigenvalue weighted by Crippen LogP contribution is -2.04. The molecule has 0 fully saturated rings. The van der Waals surface area contributed by atoms with Crippen LogP contribution in [0.5, 0.6) is 5.75 Å². The number of hydrogen-bond donors (Lipinski definition) is 2. The van der Waals surface area contributed by atoms with Crippen molar-refractivity contribution < 1.29 is 9.50 Å². The lowest BCUT2D eigenvalue weighted by molar-refractivity contribution is 0.478. The maximum absolute atomic E-state index is 13.8. The molecule has 0 aliphatic heterocycles. The third kappa shape index (κ3) is 2.12. The Morgan fingerprint density at radius 2 is 2.00 bits per heavy atom. The van der Waals surface area contributed by atoms with E-state index in [9.17, 15) is 14.3 Å². The number of benzene rings is 2. The van der Waals surface area contributed by atoms with E-state index in [1.165, 1.54) is 29.5 Å². The van der Waals surface area contributed by atoms with Crippen LogP contribution >= 0.6 is 22.9 Å². The zero-order chi connectivity index (χ0) is 16.1. The Bertz CT molecular complexity index is 1130. The number of aromatic nitrogens is 1. The monoisotopic (exact) mass is 345 g/mol.